The van der Waals surface area contributed by atoms with E-state index in [0.717, 1.165) is 23.2 Å². The van der Waals surface area contributed by atoms with Crippen LogP contribution < -0.4 is 4.74 Å². The van der Waals surface area contributed by atoms with E-state index in [0.29, 0.717) is 12.5 Å². The molecular weight excluding hydrogens is 264 g/mol. The van der Waals surface area contributed by atoms with E-state index < -0.39 is 0 Å². The Balaban J connectivity index is 1.70. The second-order valence-electron chi connectivity index (χ2n) is 5.94. The maximum absolute atomic E-state index is 12.3. The molecule has 1 aromatic heterocycles. The lowest BCUT2D eigenvalue weighted by molar-refractivity contribution is -0.131. The fraction of sp³-hybridized carbons (Fsp3) is 0.471. The van der Waals surface area contributed by atoms with E-state index in [9.17, 15) is 4.79 Å². The molecular formula is C17H22N2O2. The predicted molar refractivity (Wildman–Crippen MR) is 83.5 cm³/mol. The van der Waals surface area contributed by atoms with Crippen LogP contribution in [0, 0.1) is 5.92 Å². The van der Waals surface area contributed by atoms with Crippen LogP contribution in [0.3, 0.4) is 0 Å². The molecule has 4 heteroatoms. The Morgan fingerprint density at radius 1 is 1.38 bits per heavy atom. The van der Waals surface area contributed by atoms with Gasteiger partial charge in [-0.05, 0) is 43.0 Å². The molecule has 0 radical (unpaired) electrons. The van der Waals surface area contributed by atoms with Gasteiger partial charge in [0.05, 0.1) is 7.11 Å². The van der Waals surface area contributed by atoms with E-state index >= 15 is 0 Å². The number of likely N-dealkylation sites (N-methyl/N-ethyl adjacent to an activating group) is 1. The summed E-state index contributed by atoms with van der Waals surface area (Å²) in [6.45, 7) is 1.30. The van der Waals surface area contributed by atoms with Crippen molar-refractivity contribution >= 4 is 16.8 Å². The summed E-state index contributed by atoms with van der Waals surface area (Å²) in [5, 5.41) is 1.10. The van der Waals surface area contributed by atoms with Gasteiger partial charge in [0, 0.05) is 30.7 Å². The van der Waals surface area contributed by atoms with Gasteiger partial charge in [0.15, 0.2) is 0 Å². The predicted octanol–water partition coefficient (Wildman–Crippen LogP) is 2.91. The number of hydrogen-bond acceptors (Lipinski definition) is 2. The van der Waals surface area contributed by atoms with Gasteiger partial charge < -0.3 is 14.2 Å². The van der Waals surface area contributed by atoms with E-state index in [1.165, 1.54) is 19.3 Å². The number of aromatic nitrogens is 1. The average molecular weight is 286 g/mol. The Hall–Kier alpha value is -1.97. The number of fused-ring (bicyclic) bond motifs is 1. The zero-order chi connectivity index (χ0) is 14.8. The van der Waals surface area contributed by atoms with Gasteiger partial charge in [-0.1, -0.05) is 6.42 Å². The number of hydrogen-bond donors (Lipinski definition) is 0. The first-order chi connectivity index (χ1) is 10.2. The highest BCUT2D eigenvalue weighted by Gasteiger charge is 2.21. The normalized spacial score (nSPS) is 15.0. The summed E-state index contributed by atoms with van der Waals surface area (Å²) in [6, 6.07) is 7.96. The Morgan fingerprint density at radius 3 is 2.86 bits per heavy atom. The molecule has 1 aliphatic rings. The topological polar surface area (TPSA) is 34.5 Å². The molecule has 1 aromatic carbocycles. The first-order valence-corrected chi connectivity index (χ1v) is 7.54. The van der Waals surface area contributed by atoms with Crippen LogP contribution >= 0.6 is 0 Å². The average Bonchev–Trinajstić information content (AvgIpc) is 2.84. The van der Waals surface area contributed by atoms with Gasteiger partial charge in [-0.25, -0.2) is 0 Å². The number of benzene rings is 1. The molecule has 4 nitrogen and oxygen atoms in total. The Bertz CT molecular complexity index is 643. The van der Waals surface area contributed by atoms with E-state index in [-0.39, 0.29) is 5.91 Å². The number of carbonyl (C=O) groups is 1. The zero-order valence-electron chi connectivity index (χ0n) is 12.7. The minimum absolute atomic E-state index is 0.176. The Labute approximate surface area is 125 Å². The third-order valence-corrected chi connectivity index (χ3v) is 4.47. The Morgan fingerprint density at radius 2 is 2.19 bits per heavy atom. The maximum atomic E-state index is 12.3. The van der Waals surface area contributed by atoms with Gasteiger partial charge in [0.2, 0.25) is 5.91 Å². The van der Waals surface area contributed by atoms with Crippen molar-refractivity contribution in [3.63, 3.8) is 0 Å². The highest BCUT2D eigenvalue weighted by atomic mass is 16.5. The lowest BCUT2D eigenvalue weighted by Gasteiger charge is -2.30. The van der Waals surface area contributed by atoms with E-state index in [4.69, 9.17) is 4.74 Å². The molecule has 0 atom stereocenters. The molecule has 0 bridgehead atoms. The third kappa shape index (κ3) is 2.89. The number of amides is 1. The summed E-state index contributed by atoms with van der Waals surface area (Å²) in [4.78, 5) is 14.2. The van der Waals surface area contributed by atoms with Gasteiger partial charge in [0.25, 0.3) is 0 Å². The number of nitrogens with zero attached hydrogens (tertiary/aromatic N) is 2. The molecule has 3 rings (SSSR count). The van der Waals surface area contributed by atoms with Crippen LogP contribution in [0.15, 0.2) is 30.5 Å². The first-order valence-electron chi connectivity index (χ1n) is 7.54. The van der Waals surface area contributed by atoms with Crippen molar-refractivity contribution in [3.05, 3.63) is 30.5 Å². The highest BCUT2D eigenvalue weighted by molar-refractivity contribution is 5.84. The van der Waals surface area contributed by atoms with Crippen LogP contribution in [0.5, 0.6) is 5.75 Å². The van der Waals surface area contributed by atoms with Gasteiger partial charge in [-0.2, -0.15) is 0 Å². The number of methoxy groups -OCH3 is 1. The minimum Gasteiger partial charge on any atom is -0.497 e. The van der Waals surface area contributed by atoms with Crippen molar-refractivity contribution < 1.29 is 9.53 Å². The van der Waals surface area contributed by atoms with Gasteiger partial charge in [-0.15, -0.1) is 0 Å². The standard InChI is InChI=1S/C17H22N2O2/c1-18(11-13-4-3-5-13)17(20)12-19-9-8-14-10-15(21-2)6-7-16(14)19/h6-10,13H,3-5,11-12H2,1-2H3. The zero-order valence-corrected chi connectivity index (χ0v) is 12.7. The van der Waals surface area contributed by atoms with Crippen LogP contribution in [0.1, 0.15) is 19.3 Å². The van der Waals surface area contributed by atoms with Crippen molar-refractivity contribution in [1.82, 2.24) is 9.47 Å². The van der Waals surface area contributed by atoms with Crippen molar-refractivity contribution in [2.45, 2.75) is 25.8 Å². The number of carbonyl (C=O) groups excluding carboxylic acids is 1. The van der Waals surface area contributed by atoms with E-state index in [1.54, 1.807) is 7.11 Å². The molecule has 2 aromatic rings. The maximum Gasteiger partial charge on any atom is 0.242 e. The summed E-state index contributed by atoms with van der Waals surface area (Å²) >= 11 is 0. The molecule has 0 saturated heterocycles. The molecule has 0 unspecified atom stereocenters. The fourth-order valence-electron chi connectivity index (χ4n) is 2.87. The molecule has 21 heavy (non-hydrogen) atoms. The highest BCUT2D eigenvalue weighted by Crippen LogP contribution is 2.27. The molecule has 112 valence electrons. The molecule has 1 aliphatic carbocycles. The second kappa shape index (κ2) is 5.80. The summed E-state index contributed by atoms with van der Waals surface area (Å²) < 4.78 is 7.24. The van der Waals surface area contributed by atoms with E-state index in [2.05, 4.69) is 0 Å². The Kier molecular flexibility index (Phi) is 3.86. The minimum atomic E-state index is 0.176. The molecule has 0 spiro atoms. The summed E-state index contributed by atoms with van der Waals surface area (Å²) in [5.41, 5.74) is 1.07. The molecule has 0 N–H and O–H groups in total. The van der Waals surface area contributed by atoms with E-state index in [1.807, 2.05) is 47.0 Å². The van der Waals surface area contributed by atoms with Crippen LogP contribution in [-0.4, -0.2) is 36.1 Å². The smallest absolute Gasteiger partial charge is 0.242 e. The van der Waals surface area contributed by atoms with Crippen molar-refractivity contribution in [3.8, 4) is 5.75 Å². The monoisotopic (exact) mass is 286 g/mol. The molecule has 1 saturated carbocycles. The summed E-state index contributed by atoms with van der Waals surface area (Å²) in [5.74, 6) is 1.73. The van der Waals surface area contributed by atoms with Crippen LogP contribution in [-0.2, 0) is 11.3 Å². The molecule has 1 heterocycles. The quantitative estimate of drug-likeness (QED) is 0.847. The van der Waals surface area contributed by atoms with Crippen LogP contribution in [0.4, 0.5) is 0 Å². The number of rotatable bonds is 5. The largest absolute Gasteiger partial charge is 0.497 e. The van der Waals surface area contributed by atoms with Crippen LogP contribution in [0.25, 0.3) is 10.9 Å². The van der Waals surface area contributed by atoms with Gasteiger partial charge in [-0.3, -0.25) is 4.79 Å². The second-order valence-corrected chi connectivity index (χ2v) is 5.94. The SMILES string of the molecule is COc1ccc2c(ccn2CC(=O)N(C)CC2CCC2)c1. The summed E-state index contributed by atoms with van der Waals surface area (Å²) in [6.07, 6.45) is 5.82. The van der Waals surface area contributed by atoms with Crippen molar-refractivity contribution in [2.24, 2.45) is 5.92 Å². The molecule has 1 fully saturated rings. The third-order valence-electron chi connectivity index (χ3n) is 4.47. The fourth-order valence-corrected chi connectivity index (χ4v) is 2.87. The van der Waals surface area contributed by atoms with Crippen LogP contribution in [0.2, 0.25) is 0 Å². The van der Waals surface area contributed by atoms with Crippen molar-refractivity contribution in [2.75, 3.05) is 20.7 Å². The molecule has 0 aliphatic heterocycles. The lowest BCUT2D eigenvalue weighted by atomic mass is 9.85. The van der Waals surface area contributed by atoms with Gasteiger partial charge >= 0.3 is 0 Å². The van der Waals surface area contributed by atoms with Gasteiger partial charge in [0.1, 0.15) is 12.3 Å². The summed E-state index contributed by atoms with van der Waals surface area (Å²) in [7, 11) is 3.58. The first kappa shape index (κ1) is 14.0. The lowest BCUT2D eigenvalue weighted by Crippen LogP contribution is -2.36. The molecule has 1 amide bonds. The number of ether oxygens (including phenoxy) is 1. The van der Waals surface area contributed by atoms with Crippen molar-refractivity contribution in [1.29, 1.82) is 0 Å².